The lowest BCUT2D eigenvalue weighted by Gasteiger charge is -2.63. The molecule has 9 rings (SSSR count). The summed E-state index contributed by atoms with van der Waals surface area (Å²) in [5.74, 6) is -1.14. The third kappa shape index (κ3) is 10.8. The van der Waals surface area contributed by atoms with Gasteiger partial charge in [-0.15, -0.1) is 0 Å². The summed E-state index contributed by atoms with van der Waals surface area (Å²) in [5.41, 5.74) is -1.40. The smallest absolute Gasteiger partial charge is 0.397 e. The van der Waals surface area contributed by atoms with Crippen molar-refractivity contribution in [3.8, 4) is 0 Å². The first-order valence-corrected chi connectivity index (χ1v) is 28.9. The second-order valence-electron chi connectivity index (χ2n) is 24.8. The normalized spacial score (nSPS) is 49.2. The van der Waals surface area contributed by atoms with Gasteiger partial charge in [0.25, 0.3) is 0 Å². The molecule has 3 saturated carbocycles. The number of aliphatic hydroxyl groups excluding tert-OH is 8. The van der Waals surface area contributed by atoms with Crippen molar-refractivity contribution in [3.63, 3.8) is 0 Å². The number of carbonyl (C=O) groups excluding carboxylic acids is 2. The molecule has 5 heterocycles. The van der Waals surface area contributed by atoms with Gasteiger partial charge in [-0.2, -0.15) is 8.42 Å². The molecule has 0 amide bonds. The molecule has 0 aromatic heterocycles. The molecule has 4 aliphatic carbocycles. The molecule has 26 atom stereocenters. The van der Waals surface area contributed by atoms with Crippen molar-refractivity contribution in [3.05, 3.63) is 35.5 Å². The molecule has 1 spiro atoms. The fourth-order valence-electron chi connectivity index (χ4n) is 15.6. The standard InChI is InChI=1S/C54H82O25S/c1-24(2)11-10-16-53(8)44-29(72-25(3)56)19-52(7)27-12-13-33-50(4,5)34(15-17-51(33,6)26(27)14-18-54(44,52)49(64)78-53)75-48-43(37(60)32(23-71-48)79-80(65,66)67)77-45-38(61)35(58)31(22-70-45)74-46-39(62)41(28(57)21-69-46)76-47-40(63)42(68-9)36(59)30(20-55)73-47/h10-12,16,26,28-48,55,57-63H,13-15,17-23H2,1-9H3,(H,65,66,67)/b16-10-/t26-,28-,29?,30?,31-,32-,33+,34+,35?,36-,37?,38?,39?,40?,41?,42?,43?,44?,45+,46+,47+,48+,51-,52+,53+,54-/m1/s1. The minimum absolute atomic E-state index is 0.0203. The lowest BCUT2D eigenvalue weighted by molar-refractivity contribution is -0.373. The molecule has 0 bridgehead atoms. The molecule has 11 unspecified atom stereocenters. The summed E-state index contributed by atoms with van der Waals surface area (Å²) in [6, 6.07) is 0. The van der Waals surface area contributed by atoms with E-state index >= 15 is 0 Å². The highest BCUT2D eigenvalue weighted by atomic mass is 32.3. The number of methoxy groups -OCH3 is 1. The number of esters is 2. The van der Waals surface area contributed by atoms with Crippen LogP contribution in [0.5, 0.6) is 0 Å². The maximum atomic E-state index is 14.6. The Morgan fingerprint density at radius 3 is 2.06 bits per heavy atom. The van der Waals surface area contributed by atoms with E-state index in [1.54, 1.807) is 0 Å². The maximum absolute atomic E-state index is 14.6. The second kappa shape index (κ2) is 23.0. The van der Waals surface area contributed by atoms with Crippen LogP contribution in [0.1, 0.15) is 93.9 Å². The summed E-state index contributed by atoms with van der Waals surface area (Å²) in [6.45, 7) is 13.5. The van der Waals surface area contributed by atoms with Crippen molar-refractivity contribution in [1.82, 2.24) is 0 Å². The van der Waals surface area contributed by atoms with Crippen LogP contribution in [0.3, 0.4) is 0 Å². The van der Waals surface area contributed by atoms with E-state index in [1.165, 1.54) is 14.0 Å². The van der Waals surface area contributed by atoms with Gasteiger partial charge in [-0.3, -0.25) is 14.1 Å². The first-order chi connectivity index (χ1) is 37.5. The van der Waals surface area contributed by atoms with Crippen LogP contribution in [0, 0.1) is 39.4 Å². The van der Waals surface area contributed by atoms with Gasteiger partial charge in [-0.25, -0.2) is 4.18 Å². The third-order valence-corrected chi connectivity index (χ3v) is 19.9. The summed E-state index contributed by atoms with van der Waals surface area (Å²) in [4.78, 5) is 27.3. The predicted octanol–water partition coefficient (Wildman–Crippen LogP) is 0.00740. The molecule has 5 saturated heterocycles. The number of allylic oxidation sites excluding steroid dienone is 5. The molecule has 26 heteroatoms. The van der Waals surface area contributed by atoms with Crippen LogP contribution >= 0.6 is 0 Å². The van der Waals surface area contributed by atoms with Crippen molar-refractivity contribution in [2.75, 3.05) is 33.5 Å². The predicted molar refractivity (Wildman–Crippen MR) is 271 cm³/mol. The highest BCUT2D eigenvalue weighted by Gasteiger charge is 2.79. The monoisotopic (exact) mass is 1160 g/mol. The van der Waals surface area contributed by atoms with Gasteiger partial charge in [0, 0.05) is 19.4 Å². The SMILES string of the molecule is COC1C(O)[C@H](OC2C(O)[C@H](O[C@@H]3CO[C@@H](OC4C(O)[C@H](OS(=O)(=O)O)CO[C@H]4O[C@H]4CC[C@]5(C)[C@@H]6CC[C@]78C(=O)O[C@@](C)(/C=C\C=C(C)C)C7C(OC(C)=O)C[C@@]8(C)C6=CC[C@H]5C4(C)C)C(O)C3O)OC[C@H]2O)OC(CO)[C@H]1O. The molecular formula is C54H82O25S. The topological polar surface area (TPSA) is 361 Å². The number of cyclic esters (lactones) is 1. The number of aliphatic hydroxyl groups is 8. The highest BCUT2D eigenvalue weighted by Crippen LogP contribution is 2.76. The van der Waals surface area contributed by atoms with Gasteiger partial charge in [-0.05, 0) is 88.0 Å². The number of carbonyl (C=O) groups is 2. The van der Waals surface area contributed by atoms with E-state index in [2.05, 4.69) is 33.8 Å². The van der Waals surface area contributed by atoms with Gasteiger partial charge < -0.3 is 93.0 Å². The van der Waals surface area contributed by atoms with Gasteiger partial charge in [0.05, 0.1) is 43.9 Å². The number of fused-ring (bicyclic) bond motifs is 4. The Morgan fingerprint density at radius 1 is 0.750 bits per heavy atom. The van der Waals surface area contributed by atoms with E-state index in [9.17, 15) is 63.4 Å². The summed E-state index contributed by atoms with van der Waals surface area (Å²) in [6.07, 6.45) is -17.4. The number of hydrogen-bond acceptors (Lipinski definition) is 24. The van der Waals surface area contributed by atoms with Crippen LogP contribution in [-0.4, -0.2) is 222 Å². The van der Waals surface area contributed by atoms with Crippen LogP contribution < -0.4 is 0 Å². The van der Waals surface area contributed by atoms with Crippen molar-refractivity contribution in [1.29, 1.82) is 0 Å². The van der Waals surface area contributed by atoms with Crippen LogP contribution in [0.15, 0.2) is 35.5 Å². The molecule has 80 heavy (non-hydrogen) atoms. The minimum Gasteiger partial charge on any atom is -0.462 e. The summed E-state index contributed by atoms with van der Waals surface area (Å²) in [7, 11) is -3.95. The summed E-state index contributed by atoms with van der Waals surface area (Å²) in [5, 5.41) is 87.8. The average Bonchev–Trinajstić information content (AvgIpc) is 3.78. The van der Waals surface area contributed by atoms with E-state index in [1.807, 2.05) is 39.0 Å². The van der Waals surface area contributed by atoms with Gasteiger partial charge in [0.15, 0.2) is 25.2 Å². The Balaban J connectivity index is 0.900. The van der Waals surface area contributed by atoms with E-state index < -0.39 is 187 Å². The lowest BCUT2D eigenvalue weighted by atomic mass is 9.41. The molecule has 0 aromatic rings. The van der Waals surface area contributed by atoms with E-state index in [0.29, 0.717) is 38.5 Å². The molecule has 0 radical (unpaired) electrons. The maximum Gasteiger partial charge on any atom is 0.397 e. The second-order valence-corrected chi connectivity index (χ2v) is 25.9. The Kier molecular flexibility index (Phi) is 17.8. The summed E-state index contributed by atoms with van der Waals surface area (Å²) < 4.78 is 103. The fourth-order valence-corrected chi connectivity index (χ4v) is 16.1. The van der Waals surface area contributed by atoms with Crippen LogP contribution in [0.25, 0.3) is 0 Å². The molecule has 9 N–H and O–H groups in total. The van der Waals surface area contributed by atoms with Gasteiger partial charge in [0.1, 0.15) is 91.1 Å². The Hall–Kier alpha value is -2.65. The van der Waals surface area contributed by atoms with Gasteiger partial charge in [-0.1, -0.05) is 57.1 Å². The molecule has 454 valence electrons. The molecule has 9 aliphatic rings. The largest absolute Gasteiger partial charge is 0.462 e. The number of rotatable bonds is 15. The highest BCUT2D eigenvalue weighted by molar-refractivity contribution is 7.80. The first kappa shape index (κ1) is 61.9. The Bertz CT molecular complexity index is 2470. The minimum atomic E-state index is -5.15. The average molecular weight is 1160 g/mol. The van der Waals surface area contributed by atoms with Gasteiger partial charge >= 0.3 is 22.3 Å². The summed E-state index contributed by atoms with van der Waals surface area (Å²) >= 11 is 0. The van der Waals surface area contributed by atoms with Crippen LogP contribution in [0.2, 0.25) is 0 Å². The van der Waals surface area contributed by atoms with E-state index in [-0.39, 0.29) is 23.2 Å². The van der Waals surface area contributed by atoms with Crippen LogP contribution in [0.4, 0.5) is 0 Å². The van der Waals surface area contributed by atoms with Crippen molar-refractivity contribution < 1.29 is 120 Å². The molecule has 0 aromatic carbocycles. The zero-order valence-corrected chi connectivity index (χ0v) is 47.4. The first-order valence-electron chi connectivity index (χ1n) is 27.6. The number of ether oxygens (including phenoxy) is 11. The molecular weight excluding hydrogens is 1080 g/mol. The zero-order valence-electron chi connectivity index (χ0n) is 46.5. The molecule has 8 fully saturated rings. The zero-order chi connectivity index (χ0) is 58.4. The molecule has 5 aliphatic heterocycles. The third-order valence-electron chi connectivity index (χ3n) is 19.4. The quantitative estimate of drug-likeness (QED) is 0.0451. The van der Waals surface area contributed by atoms with Crippen molar-refractivity contribution in [2.45, 2.75) is 216 Å². The van der Waals surface area contributed by atoms with Crippen molar-refractivity contribution in [2.24, 2.45) is 39.4 Å². The van der Waals surface area contributed by atoms with Crippen LogP contribution in [-0.2, 0) is 76.3 Å². The Morgan fingerprint density at radius 2 is 1.40 bits per heavy atom. The van der Waals surface area contributed by atoms with E-state index in [0.717, 1.165) is 11.1 Å². The number of hydrogen-bond donors (Lipinski definition) is 9. The van der Waals surface area contributed by atoms with Crippen molar-refractivity contribution >= 4 is 22.3 Å². The van der Waals surface area contributed by atoms with Gasteiger partial charge in [0.2, 0.25) is 0 Å². The fraction of sp³-hybridized carbons (Fsp3) is 0.852. The Labute approximate surface area is 465 Å². The molecule has 25 nitrogen and oxygen atoms in total. The lowest BCUT2D eigenvalue weighted by Crippen LogP contribution is -2.64. The van der Waals surface area contributed by atoms with E-state index in [4.69, 9.17) is 56.3 Å².